The van der Waals surface area contributed by atoms with Gasteiger partial charge in [-0.1, -0.05) is 44.7 Å². The molecule has 0 atom stereocenters. The summed E-state index contributed by atoms with van der Waals surface area (Å²) < 4.78 is 7.27. The molecule has 0 spiro atoms. The van der Waals surface area contributed by atoms with E-state index in [1.165, 1.54) is 41.3 Å². The molecule has 33 heavy (non-hydrogen) atoms. The first-order chi connectivity index (χ1) is 15.7. The molecular formula is C25H35N5O2S. The second kappa shape index (κ2) is 8.53. The number of nitrogens with one attached hydrogen (secondary N) is 1. The molecule has 1 aromatic carbocycles. The van der Waals surface area contributed by atoms with Gasteiger partial charge < -0.3 is 15.9 Å². The molecule has 4 bridgehead atoms. The SMILES string of the molecule is CC(C)(C)c1ccc(OCc2nnc(SCC(=O)NC34CC5CC(CC(C5)C3)C4)n2N)cc1. The maximum Gasteiger partial charge on any atom is 0.230 e. The Bertz CT molecular complexity index is 976. The van der Waals surface area contributed by atoms with Crippen molar-refractivity contribution in [1.82, 2.24) is 20.2 Å². The largest absolute Gasteiger partial charge is 0.486 e. The van der Waals surface area contributed by atoms with E-state index < -0.39 is 0 Å². The standard InChI is InChI=1S/C25H35N5O2S/c1-24(2,3)19-4-6-20(7-5-19)32-14-21-28-29-23(30(21)26)33-15-22(31)27-25-11-16-8-17(12-25)10-18(9-16)13-25/h4-7,16-18H,8-15,26H2,1-3H3,(H,27,31). The quantitative estimate of drug-likeness (QED) is 0.469. The van der Waals surface area contributed by atoms with Crippen molar-refractivity contribution in [2.24, 2.45) is 17.8 Å². The van der Waals surface area contributed by atoms with E-state index in [9.17, 15) is 4.79 Å². The summed E-state index contributed by atoms with van der Waals surface area (Å²) in [4.78, 5) is 12.8. The molecule has 0 unspecified atom stereocenters. The van der Waals surface area contributed by atoms with E-state index in [0.717, 1.165) is 42.8 Å². The molecule has 178 valence electrons. The molecule has 6 rings (SSSR count). The third-order valence-electron chi connectivity index (χ3n) is 7.60. The number of amides is 1. The predicted molar refractivity (Wildman–Crippen MR) is 129 cm³/mol. The number of rotatable bonds is 7. The first-order valence-corrected chi connectivity index (χ1v) is 13.0. The number of carbonyl (C=O) groups excluding carboxylic acids is 1. The van der Waals surface area contributed by atoms with Gasteiger partial charge in [-0.15, -0.1) is 10.2 Å². The molecule has 1 heterocycles. The number of nitrogens with two attached hydrogens (primary N) is 1. The molecule has 4 fully saturated rings. The number of aromatic nitrogens is 3. The lowest BCUT2D eigenvalue weighted by Gasteiger charge is -2.56. The zero-order valence-corrected chi connectivity index (χ0v) is 20.7. The van der Waals surface area contributed by atoms with Crippen molar-refractivity contribution in [3.63, 3.8) is 0 Å². The zero-order chi connectivity index (χ0) is 23.2. The molecule has 7 nitrogen and oxygen atoms in total. The van der Waals surface area contributed by atoms with Gasteiger partial charge in [-0.05, 0) is 79.4 Å². The van der Waals surface area contributed by atoms with E-state index in [2.05, 4.69) is 48.4 Å². The minimum absolute atomic E-state index is 0.0321. The molecule has 8 heteroatoms. The van der Waals surface area contributed by atoms with Crippen molar-refractivity contribution < 1.29 is 9.53 Å². The fourth-order valence-electron chi connectivity index (χ4n) is 6.43. The summed E-state index contributed by atoms with van der Waals surface area (Å²) in [5, 5.41) is 12.2. The smallest absolute Gasteiger partial charge is 0.230 e. The Hall–Kier alpha value is -2.22. The van der Waals surface area contributed by atoms with Gasteiger partial charge in [0.1, 0.15) is 12.4 Å². The summed E-state index contributed by atoms with van der Waals surface area (Å²) in [6.45, 7) is 6.77. The number of carbonyl (C=O) groups is 1. The summed E-state index contributed by atoms with van der Waals surface area (Å²) >= 11 is 1.33. The number of nitrogens with zero attached hydrogens (tertiary/aromatic N) is 3. The van der Waals surface area contributed by atoms with Crippen LogP contribution in [0.25, 0.3) is 0 Å². The minimum atomic E-state index is 0.0321. The first kappa shape index (κ1) is 22.6. The molecule has 0 radical (unpaired) electrons. The normalized spacial score (nSPS) is 28.2. The molecule has 0 aliphatic heterocycles. The number of benzene rings is 1. The molecule has 4 saturated carbocycles. The lowest BCUT2D eigenvalue weighted by Crippen LogP contribution is -2.60. The van der Waals surface area contributed by atoms with Crippen molar-refractivity contribution in [1.29, 1.82) is 0 Å². The summed E-state index contributed by atoms with van der Waals surface area (Å²) in [5.41, 5.74) is 1.39. The second-order valence-electron chi connectivity index (χ2n) is 11.4. The van der Waals surface area contributed by atoms with Crippen molar-refractivity contribution in [3.05, 3.63) is 35.7 Å². The van der Waals surface area contributed by atoms with Crippen LogP contribution in [0.5, 0.6) is 5.75 Å². The predicted octanol–water partition coefficient (Wildman–Crippen LogP) is 4.05. The highest BCUT2D eigenvalue weighted by Crippen LogP contribution is 2.55. The first-order valence-electron chi connectivity index (χ1n) is 12.1. The number of nitrogen functional groups attached to an aromatic ring is 1. The van der Waals surface area contributed by atoms with Crippen LogP contribution in [0.3, 0.4) is 0 Å². The van der Waals surface area contributed by atoms with Crippen molar-refractivity contribution in [2.45, 2.75) is 82.0 Å². The number of hydrogen-bond donors (Lipinski definition) is 2. The van der Waals surface area contributed by atoms with Gasteiger partial charge in [0.15, 0.2) is 5.82 Å². The van der Waals surface area contributed by atoms with Crippen LogP contribution in [0, 0.1) is 17.8 Å². The summed E-state index contributed by atoms with van der Waals surface area (Å²) in [6, 6.07) is 8.07. The highest BCUT2D eigenvalue weighted by Gasteiger charge is 2.51. The number of hydrogen-bond acceptors (Lipinski definition) is 6. The van der Waals surface area contributed by atoms with Gasteiger partial charge in [0.25, 0.3) is 0 Å². The summed E-state index contributed by atoms with van der Waals surface area (Å²) in [7, 11) is 0. The average Bonchev–Trinajstić information content (AvgIpc) is 3.08. The van der Waals surface area contributed by atoms with Crippen LogP contribution in [0.15, 0.2) is 29.4 Å². The Morgan fingerprint density at radius 2 is 1.73 bits per heavy atom. The third kappa shape index (κ3) is 4.86. The molecule has 2 aromatic rings. The molecule has 3 N–H and O–H groups in total. The Morgan fingerprint density at radius 3 is 2.30 bits per heavy atom. The maximum absolute atomic E-state index is 12.8. The second-order valence-corrected chi connectivity index (χ2v) is 12.3. The van der Waals surface area contributed by atoms with Gasteiger partial charge in [-0.2, -0.15) is 0 Å². The Morgan fingerprint density at radius 1 is 1.12 bits per heavy atom. The maximum atomic E-state index is 12.8. The van der Waals surface area contributed by atoms with Crippen LogP contribution in [0.1, 0.15) is 70.7 Å². The van der Waals surface area contributed by atoms with Gasteiger partial charge in [-0.3, -0.25) is 4.79 Å². The zero-order valence-electron chi connectivity index (χ0n) is 19.8. The van der Waals surface area contributed by atoms with Gasteiger partial charge in [0.2, 0.25) is 11.1 Å². The van der Waals surface area contributed by atoms with Gasteiger partial charge in [0.05, 0.1) is 5.75 Å². The van der Waals surface area contributed by atoms with E-state index in [-0.39, 0.29) is 23.5 Å². The summed E-state index contributed by atoms with van der Waals surface area (Å²) in [5.74, 6) is 10.3. The van der Waals surface area contributed by atoms with E-state index in [1.54, 1.807) is 0 Å². The van der Waals surface area contributed by atoms with Crippen molar-refractivity contribution in [3.8, 4) is 5.75 Å². The van der Waals surface area contributed by atoms with Crippen LogP contribution in [0.2, 0.25) is 0 Å². The van der Waals surface area contributed by atoms with Crippen LogP contribution in [-0.4, -0.2) is 32.1 Å². The highest BCUT2D eigenvalue weighted by atomic mass is 32.2. The van der Waals surface area contributed by atoms with Gasteiger partial charge >= 0.3 is 0 Å². The Balaban J connectivity index is 1.13. The van der Waals surface area contributed by atoms with Crippen molar-refractivity contribution >= 4 is 17.7 Å². The minimum Gasteiger partial charge on any atom is -0.486 e. The highest BCUT2D eigenvalue weighted by molar-refractivity contribution is 7.99. The monoisotopic (exact) mass is 469 g/mol. The number of ether oxygens (including phenoxy) is 1. The van der Waals surface area contributed by atoms with E-state index >= 15 is 0 Å². The summed E-state index contributed by atoms with van der Waals surface area (Å²) in [6.07, 6.45) is 7.56. The van der Waals surface area contributed by atoms with Crippen LogP contribution in [0.4, 0.5) is 0 Å². The molecule has 4 aliphatic carbocycles. The Labute approximate surface area is 200 Å². The van der Waals surface area contributed by atoms with Gasteiger partial charge in [0, 0.05) is 5.54 Å². The van der Waals surface area contributed by atoms with Gasteiger partial charge in [-0.25, -0.2) is 4.68 Å². The fraction of sp³-hybridized carbons (Fsp3) is 0.640. The molecule has 4 aliphatic rings. The molecule has 0 saturated heterocycles. The average molecular weight is 470 g/mol. The van der Waals surface area contributed by atoms with Crippen molar-refractivity contribution in [2.75, 3.05) is 11.6 Å². The van der Waals surface area contributed by atoms with E-state index in [4.69, 9.17) is 10.6 Å². The number of thioether (sulfide) groups is 1. The van der Waals surface area contributed by atoms with Crippen LogP contribution in [-0.2, 0) is 16.8 Å². The topological polar surface area (TPSA) is 95.1 Å². The van der Waals surface area contributed by atoms with E-state index in [0.29, 0.717) is 16.7 Å². The fourth-order valence-corrected chi connectivity index (χ4v) is 7.10. The Kier molecular flexibility index (Phi) is 5.83. The van der Waals surface area contributed by atoms with E-state index in [1.807, 2.05) is 12.1 Å². The lowest BCUT2D eigenvalue weighted by molar-refractivity contribution is -0.124. The van der Waals surface area contributed by atoms with Crippen LogP contribution < -0.4 is 15.9 Å². The van der Waals surface area contributed by atoms with Crippen LogP contribution >= 0.6 is 11.8 Å². The molecule has 1 aromatic heterocycles. The molecular weight excluding hydrogens is 434 g/mol. The third-order valence-corrected chi connectivity index (χ3v) is 8.54. The lowest BCUT2D eigenvalue weighted by atomic mass is 9.53. The molecule has 1 amide bonds.